The lowest BCUT2D eigenvalue weighted by molar-refractivity contribution is -0.0804. The number of nitrogens with zero attached hydrogens (tertiary/aromatic N) is 2. The van der Waals surface area contributed by atoms with Crippen molar-refractivity contribution in [3.8, 4) is 11.5 Å². The molecule has 2 aliphatic heterocycles. The Morgan fingerprint density at radius 2 is 1.47 bits per heavy atom. The predicted octanol–water partition coefficient (Wildman–Crippen LogP) is 8.34. The first kappa shape index (κ1) is 40.0. The molecule has 2 N–H and O–H groups in total. The van der Waals surface area contributed by atoms with Gasteiger partial charge in [0.15, 0.2) is 0 Å². The van der Waals surface area contributed by atoms with Crippen LogP contribution < -0.4 is 25.6 Å². The summed E-state index contributed by atoms with van der Waals surface area (Å²) in [6.07, 6.45) is 5.59. The van der Waals surface area contributed by atoms with Gasteiger partial charge in [0, 0.05) is 24.2 Å². The Morgan fingerprint density at radius 1 is 0.862 bits per heavy atom. The molecule has 4 atom stereocenters. The predicted molar refractivity (Wildman–Crippen MR) is 224 cm³/mol. The van der Waals surface area contributed by atoms with Crippen molar-refractivity contribution < 1.29 is 32.8 Å². The molecule has 4 aromatic carbocycles. The normalized spacial score (nSPS) is 22.8. The molecule has 1 unspecified atom stereocenters. The lowest BCUT2D eigenvalue weighted by Gasteiger charge is -2.37. The van der Waals surface area contributed by atoms with Gasteiger partial charge in [-0.1, -0.05) is 92.1 Å². The lowest BCUT2D eigenvalue weighted by atomic mass is 9.80. The molecule has 14 heteroatoms. The number of hydrogen-bond donors (Lipinski definition) is 2. The van der Waals surface area contributed by atoms with Gasteiger partial charge in [0.2, 0.25) is 0 Å². The second-order valence-corrected chi connectivity index (χ2v) is 19.4. The van der Waals surface area contributed by atoms with Gasteiger partial charge in [-0.2, -0.15) is 4.98 Å². The second-order valence-electron chi connectivity index (χ2n) is 14.8. The molecule has 3 aliphatic rings. The zero-order valence-electron chi connectivity index (χ0n) is 32.5. The van der Waals surface area contributed by atoms with Crippen LogP contribution in [-0.2, 0) is 24.2 Å². The summed E-state index contributed by atoms with van der Waals surface area (Å²) in [6.45, 7) is -2.92. The molecule has 58 heavy (non-hydrogen) atoms. The van der Waals surface area contributed by atoms with Crippen molar-refractivity contribution in [2.24, 2.45) is 0 Å². The van der Waals surface area contributed by atoms with Crippen molar-refractivity contribution >= 4 is 29.8 Å². The largest absolute Gasteiger partial charge is 0.497 e. The van der Waals surface area contributed by atoms with Crippen LogP contribution in [0.5, 0.6) is 11.5 Å². The third-order valence-corrected chi connectivity index (χ3v) is 16.0. The summed E-state index contributed by atoms with van der Waals surface area (Å²) >= 11 is 1.43. The second kappa shape index (κ2) is 17.2. The molecule has 2 saturated heterocycles. The summed E-state index contributed by atoms with van der Waals surface area (Å²) in [5.41, 5.74) is 1.26. The van der Waals surface area contributed by atoms with Crippen LogP contribution in [0.15, 0.2) is 126 Å². The summed E-state index contributed by atoms with van der Waals surface area (Å²) in [4.78, 5) is 30.6. The molecule has 3 heterocycles. The highest BCUT2D eigenvalue weighted by Gasteiger charge is 2.51. The Bertz CT molecular complexity index is 2240. The number of benzene rings is 4. The van der Waals surface area contributed by atoms with Crippen molar-refractivity contribution in [2.45, 2.75) is 67.2 Å². The van der Waals surface area contributed by atoms with Crippen LogP contribution >= 0.6 is 18.1 Å². The molecule has 12 nitrogen and oxygen atoms in total. The van der Waals surface area contributed by atoms with Crippen molar-refractivity contribution in [3.05, 3.63) is 154 Å². The van der Waals surface area contributed by atoms with E-state index in [1.165, 1.54) is 22.4 Å². The van der Waals surface area contributed by atoms with Crippen molar-refractivity contribution in [2.75, 3.05) is 32.8 Å². The van der Waals surface area contributed by atoms with E-state index in [0.29, 0.717) is 23.7 Å². The van der Waals surface area contributed by atoms with E-state index in [1.807, 2.05) is 84.9 Å². The number of amides is 1. The maximum Gasteiger partial charge on any atom is 0.351 e. The Kier molecular flexibility index (Phi) is 11.9. The lowest BCUT2D eigenvalue weighted by Crippen LogP contribution is -2.41. The third kappa shape index (κ3) is 8.38. The van der Waals surface area contributed by atoms with Crippen LogP contribution in [0.1, 0.15) is 71.8 Å². The van der Waals surface area contributed by atoms with Crippen LogP contribution in [0.2, 0.25) is 0 Å². The first-order valence-electron chi connectivity index (χ1n) is 19.5. The number of ether oxygens (including phenoxy) is 4. The zero-order valence-corrected chi connectivity index (χ0v) is 34.2. The summed E-state index contributed by atoms with van der Waals surface area (Å²) in [6, 6.07) is 35.2. The molecule has 0 bridgehead atoms. The minimum Gasteiger partial charge on any atom is -0.497 e. The van der Waals surface area contributed by atoms with Crippen LogP contribution in [0.25, 0.3) is 0 Å². The highest BCUT2D eigenvalue weighted by molar-refractivity contribution is 8.57. The molecule has 1 spiro atoms. The third-order valence-electron chi connectivity index (χ3n) is 11.2. The monoisotopic (exact) mass is 822 g/mol. The van der Waals surface area contributed by atoms with Crippen molar-refractivity contribution in [1.82, 2.24) is 14.6 Å². The maximum atomic E-state index is 14.5. The van der Waals surface area contributed by atoms with Gasteiger partial charge in [0.05, 0.1) is 38.3 Å². The van der Waals surface area contributed by atoms with Crippen LogP contribution in [0.3, 0.4) is 0 Å². The van der Waals surface area contributed by atoms with Gasteiger partial charge in [0.1, 0.15) is 29.1 Å². The number of hydrogen-bond acceptors (Lipinski definition) is 10. The summed E-state index contributed by atoms with van der Waals surface area (Å²) in [5.74, 6) is 1.14. The Labute approximate surface area is 341 Å². The quantitative estimate of drug-likeness (QED) is 0.0876. The SMILES string of the molecule is COc1ccc(C(OC[C@H]2O[C@@H](n3ccc(NC(=O)c4ccccc4)nc3=O)C[C@@H]2NP2(=O)OCC3(CCCCC3)S2)(c2ccccc2)c2ccc(OC)cc2)cc1. The standard InChI is InChI=1S/C44H47N4O8PS/c1-52-35-20-16-33(17-21-35)44(32-14-8-4-9-15-32,34-18-22-36(53-2)23-19-34)54-29-38-37(47-57(51)55-30-43(58-57)25-10-5-11-26-43)28-40(56-38)48-27-24-39(46-42(48)50)45-41(49)31-12-6-3-7-13-31/h3-4,6-9,12-24,27,37-38,40H,5,10-11,25-26,28-30H2,1-2H3,(H,47,51)(H,45,46,49,50)/t37-,38+,40+,57?/m0/s1. The molecule has 1 aliphatic carbocycles. The Morgan fingerprint density at radius 3 is 2.07 bits per heavy atom. The van der Waals surface area contributed by atoms with Gasteiger partial charge in [-0.05, 0) is 83.4 Å². The molecule has 3 fully saturated rings. The highest BCUT2D eigenvalue weighted by Crippen LogP contribution is 2.70. The number of methoxy groups -OCH3 is 2. The molecular formula is C44H47N4O8PS. The first-order chi connectivity index (χ1) is 28.2. The molecule has 1 saturated carbocycles. The summed E-state index contributed by atoms with van der Waals surface area (Å²) < 4.78 is 46.9. The highest BCUT2D eigenvalue weighted by atomic mass is 32.7. The van der Waals surface area contributed by atoms with Gasteiger partial charge >= 0.3 is 12.4 Å². The van der Waals surface area contributed by atoms with Crippen molar-refractivity contribution in [1.29, 1.82) is 0 Å². The number of rotatable bonds is 13. The molecule has 1 aromatic heterocycles. The van der Waals surface area contributed by atoms with Crippen LogP contribution in [-0.4, -0.2) is 59.8 Å². The number of carbonyl (C=O) groups excluding carboxylic acids is 1. The smallest absolute Gasteiger partial charge is 0.351 e. The first-order valence-corrected chi connectivity index (χ1v) is 22.6. The average Bonchev–Trinajstić information content (AvgIpc) is 3.80. The van der Waals surface area contributed by atoms with E-state index >= 15 is 0 Å². The van der Waals surface area contributed by atoms with Gasteiger partial charge in [0.25, 0.3) is 5.91 Å². The van der Waals surface area contributed by atoms with Gasteiger partial charge < -0.3 is 28.8 Å². The fourth-order valence-corrected chi connectivity index (χ4v) is 13.7. The fraction of sp³-hybridized carbons (Fsp3) is 0.341. The maximum absolute atomic E-state index is 14.5. The summed E-state index contributed by atoms with van der Waals surface area (Å²) in [5, 5.41) is 6.11. The number of aromatic nitrogens is 2. The van der Waals surface area contributed by atoms with Crippen LogP contribution in [0.4, 0.5) is 5.82 Å². The molecular weight excluding hydrogens is 776 g/mol. The average molecular weight is 823 g/mol. The van der Waals surface area contributed by atoms with Crippen molar-refractivity contribution in [3.63, 3.8) is 0 Å². The Balaban J connectivity index is 1.13. The van der Waals surface area contributed by atoms with E-state index in [0.717, 1.165) is 42.4 Å². The van der Waals surface area contributed by atoms with Gasteiger partial charge in [-0.3, -0.25) is 13.9 Å². The number of anilines is 1. The Hall–Kier alpha value is -4.75. The molecule has 1 amide bonds. The fourth-order valence-electron chi connectivity index (χ4n) is 8.16. The number of carbonyl (C=O) groups is 1. The van der Waals surface area contributed by atoms with E-state index in [9.17, 15) is 14.2 Å². The molecule has 0 radical (unpaired) electrons. The van der Waals surface area contributed by atoms with E-state index in [-0.39, 0.29) is 29.5 Å². The molecule has 5 aromatic rings. The van der Waals surface area contributed by atoms with Gasteiger partial charge in [-0.15, -0.1) is 0 Å². The zero-order chi connectivity index (χ0) is 40.2. The van der Waals surface area contributed by atoms with E-state index in [2.05, 4.69) is 15.4 Å². The topological polar surface area (TPSA) is 139 Å². The molecule has 302 valence electrons. The summed E-state index contributed by atoms with van der Waals surface area (Å²) in [7, 11) is 3.26. The van der Waals surface area contributed by atoms with E-state index in [4.69, 9.17) is 23.5 Å². The van der Waals surface area contributed by atoms with E-state index < -0.39 is 36.4 Å². The minimum absolute atomic E-state index is 0.0321. The number of nitrogens with one attached hydrogen (secondary N) is 2. The van der Waals surface area contributed by atoms with Crippen LogP contribution in [0, 0.1) is 0 Å². The minimum atomic E-state index is -3.38. The van der Waals surface area contributed by atoms with E-state index in [1.54, 1.807) is 50.7 Å². The van der Waals surface area contributed by atoms with Gasteiger partial charge in [-0.25, -0.2) is 9.88 Å². The molecule has 8 rings (SSSR count).